The minimum absolute atomic E-state index is 0.118. The second-order valence-corrected chi connectivity index (χ2v) is 7.39. The molecule has 0 unspecified atom stereocenters. The molecule has 1 aliphatic heterocycles. The van der Waals surface area contributed by atoms with E-state index < -0.39 is 0 Å². The molecule has 1 N–H and O–H groups in total. The van der Waals surface area contributed by atoms with Crippen LogP contribution in [-0.2, 0) is 4.79 Å². The minimum atomic E-state index is -0.197. The van der Waals surface area contributed by atoms with Crippen LogP contribution in [0.4, 0.5) is 0 Å². The van der Waals surface area contributed by atoms with Gasteiger partial charge in [0.05, 0.1) is 23.1 Å². The summed E-state index contributed by atoms with van der Waals surface area (Å²) in [4.78, 5) is 26.5. The highest BCUT2D eigenvalue weighted by molar-refractivity contribution is 9.10. The van der Waals surface area contributed by atoms with E-state index in [1.165, 1.54) is 6.42 Å². The average molecular weight is 419 g/mol. The predicted molar refractivity (Wildman–Crippen MR) is 103 cm³/mol. The third-order valence-electron chi connectivity index (χ3n) is 4.66. The Morgan fingerprint density at radius 3 is 2.54 bits per heavy atom. The highest BCUT2D eigenvalue weighted by atomic mass is 79.9. The van der Waals surface area contributed by atoms with Crippen molar-refractivity contribution in [3.8, 4) is 5.69 Å². The van der Waals surface area contributed by atoms with Gasteiger partial charge in [-0.1, -0.05) is 15.9 Å². The zero-order valence-corrected chi connectivity index (χ0v) is 16.5. The zero-order valence-electron chi connectivity index (χ0n) is 14.9. The number of halogens is 1. The van der Waals surface area contributed by atoms with Crippen molar-refractivity contribution >= 4 is 27.7 Å². The van der Waals surface area contributed by atoms with Gasteiger partial charge in [0.25, 0.3) is 5.91 Å². The number of hydrogen-bond acceptors (Lipinski definition) is 3. The number of nitrogens with one attached hydrogen (secondary N) is 1. The van der Waals surface area contributed by atoms with Crippen LogP contribution in [0, 0.1) is 6.92 Å². The molecule has 1 aromatic carbocycles. The number of benzene rings is 1. The van der Waals surface area contributed by atoms with Crippen molar-refractivity contribution in [1.82, 2.24) is 20.0 Å². The van der Waals surface area contributed by atoms with E-state index in [1.54, 1.807) is 10.9 Å². The average Bonchev–Trinajstić information content (AvgIpc) is 3.04. The highest BCUT2D eigenvalue weighted by Crippen LogP contribution is 2.17. The molecule has 0 aliphatic carbocycles. The first kappa shape index (κ1) is 18.6. The summed E-state index contributed by atoms with van der Waals surface area (Å²) < 4.78 is 2.72. The second-order valence-electron chi connectivity index (χ2n) is 6.48. The summed E-state index contributed by atoms with van der Waals surface area (Å²) >= 11 is 3.41. The predicted octanol–water partition coefficient (Wildman–Crippen LogP) is 3.08. The molecule has 2 aromatic rings. The van der Waals surface area contributed by atoms with Gasteiger partial charge in [0.15, 0.2) is 0 Å². The fourth-order valence-corrected chi connectivity index (χ4v) is 3.42. The first-order valence-corrected chi connectivity index (χ1v) is 9.72. The zero-order chi connectivity index (χ0) is 18.5. The van der Waals surface area contributed by atoms with Crippen LogP contribution in [0.15, 0.2) is 34.9 Å². The van der Waals surface area contributed by atoms with Crippen molar-refractivity contribution in [2.45, 2.75) is 32.6 Å². The highest BCUT2D eigenvalue weighted by Gasteiger charge is 2.18. The van der Waals surface area contributed by atoms with Gasteiger partial charge in [-0.05, 0) is 50.5 Å². The lowest BCUT2D eigenvalue weighted by Gasteiger charge is -2.26. The molecule has 0 saturated carbocycles. The third kappa shape index (κ3) is 4.33. The van der Waals surface area contributed by atoms with E-state index in [1.807, 2.05) is 36.1 Å². The Hall–Kier alpha value is -2.15. The summed E-state index contributed by atoms with van der Waals surface area (Å²) in [7, 11) is 0. The Bertz CT molecular complexity index is 779. The van der Waals surface area contributed by atoms with E-state index in [4.69, 9.17) is 0 Å². The topological polar surface area (TPSA) is 67.2 Å². The van der Waals surface area contributed by atoms with E-state index in [0.717, 1.165) is 41.8 Å². The molecule has 3 rings (SSSR count). The number of aromatic nitrogens is 2. The lowest BCUT2D eigenvalue weighted by atomic mass is 10.1. The minimum Gasteiger partial charge on any atom is -0.351 e. The first-order valence-electron chi connectivity index (χ1n) is 8.93. The van der Waals surface area contributed by atoms with Crippen molar-refractivity contribution in [2.75, 3.05) is 19.6 Å². The van der Waals surface area contributed by atoms with Gasteiger partial charge in [-0.15, -0.1) is 0 Å². The number of likely N-dealkylation sites (tertiary alicyclic amines) is 1. The number of carbonyl (C=O) groups excluding carboxylic acids is 2. The van der Waals surface area contributed by atoms with Crippen molar-refractivity contribution < 1.29 is 9.59 Å². The molecular weight excluding hydrogens is 396 g/mol. The van der Waals surface area contributed by atoms with Crippen LogP contribution < -0.4 is 5.32 Å². The fraction of sp³-hybridized carbons (Fsp3) is 0.421. The summed E-state index contributed by atoms with van der Waals surface area (Å²) in [5.41, 5.74) is 2.19. The molecule has 1 aromatic heterocycles. The Labute approximate surface area is 161 Å². The SMILES string of the molecule is Cc1c(C(=O)NCCC(=O)N2CCCCC2)cnn1-c1ccc(Br)cc1. The lowest BCUT2D eigenvalue weighted by molar-refractivity contribution is -0.131. The molecule has 2 amide bonds. The summed E-state index contributed by atoms with van der Waals surface area (Å²) in [6.45, 7) is 3.89. The molecule has 1 fully saturated rings. The van der Waals surface area contributed by atoms with E-state index in [-0.39, 0.29) is 11.8 Å². The maximum Gasteiger partial charge on any atom is 0.254 e. The van der Waals surface area contributed by atoms with Crippen LogP contribution in [0.3, 0.4) is 0 Å². The smallest absolute Gasteiger partial charge is 0.254 e. The number of rotatable bonds is 5. The van der Waals surface area contributed by atoms with Crippen molar-refractivity contribution in [3.05, 3.63) is 46.2 Å². The van der Waals surface area contributed by atoms with Crippen LogP contribution in [-0.4, -0.2) is 46.1 Å². The van der Waals surface area contributed by atoms with Gasteiger partial charge in [-0.2, -0.15) is 5.10 Å². The van der Waals surface area contributed by atoms with Gasteiger partial charge in [0.1, 0.15) is 0 Å². The van der Waals surface area contributed by atoms with Gasteiger partial charge in [0, 0.05) is 30.5 Å². The summed E-state index contributed by atoms with van der Waals surface area (Å²) in [6, 6.07) is 7.73. The standard InChI is InChI=1S/C19H23BrN4O2/c1-14-17(13-22-24(14)16-7-5-15(20)6-8-16)19(26)21-10-9-18(25)23-11-3-2-4-12-23/h5-8,13H,2-4,9-12H2,1H3,(H,21,26). The molecule has 138 valence electrons. The maximum atomic E-state index is 12.4. The van der Waals surface area contributed by atoms with Gasteiger partial charge in [-0.3, -0.25) is 9.59 Å². The molecule has 0 atom stereocenters. The number of carbonyl (C=O) groups is 2. The van der Waals surface area contributed by atoms with Crippen LogP contribution in [0.25, 0.3) is 5.69 Å². The van der Waals surface area contributed by atoms with Crippen LogP contribution in [0.5, 0.6) is 0 Å². The molecule has 6 nitrogen and oxygen atoms in total. The van der Waals surface area contributed by atoms with Gasteiger partial charge in [0.2, 0.25) is 5.91 Å². The number of hydrogen-bond donors (Lipinski definition) is 1. The molecule has 1 aliphatic rings. The van der Waals surface area contributed by atoms with Gasteiger partial charge < -0.3 is 10.2 Å². The van der Waals surface area contributed by atoms with Crippen LogP contribution in [0.1, 0.15) is 41.7 Å². The number of piperidine rings is 1. The Balaban J connectivity index is 1.56. The van der Waals surface area contributed by atoms with E-state index in [0.29, 0.717) is 18.5 Å². The fourth-order valence-electron chi connectivity index (χ4n) is 3.15. The third-order valence-corrected chi connectivity index (χ3v) is 5.19. The van der Waals surface area contributed by atoms with Gasteiger partial charge in [-0.25, -0.2) is 4.68 Å². The molecule has 26 heavy (non-hydrogen) atoms. The Morgan fingerprint density at radius 2 is 1.85 bits per heavy atom. The van der Waals surface area contributed by atoms with Crippen molar-refractivity contribution in [1.29, 1.82) is 0 Å². The molecule has 7 heteroatoms. The second kappa shape index (κ2) is 8.49. The van der Waals surface area contributed by atoms with E-state index in [9.17, 15) is 9.59 Å². The quantitative estimate of drug-likeness (QED) is 0.810. The van der Waals surface area contributed by atoms with Crippen molar-refractivity contribution in [2.24, 2.45) is 0 Å². The molecule has 0 bridgehead atoms. The summed E-state index contributed by atoms with van der Waals surface area (Å²) in [6.07, 6.45) is 5.26. The van der Waals surface area contributed by atoms with Crippen molar-refractivity contribution in [3.63, 3.8) is 0 Å². The maximum absolute atomic E-state index is 12.4. The number of nitrogens with zero attached hydrogens (tertiary/aromatic N) is 3. The van der Waals surface area contributed by atoms with Gasteiger partial charge >= 0.3 is 0 Å². The Morgan fingerprint density at radius 1 is 1.15 bits per heavy atom. The van der Waals surface area contributed by atoms with E-state index in [2.05, 4.69) is 26.3 Å². The largest absolute Gasteiger partial charge is 0.351 e. The van der Waals surface area contributed by atoms with Crippen LogP contribution >= 0.6 is 15.9 Å². The van der Waals surface area contributed by atoms with Crippen LogP contribution in [0.2, 0.25) is 0 Å². The Kier molecular flexibility index (Phi) is 6.08. The summed E-state index contributed by atoms with van der Waals surface area (Å²) in [5.74, 6) is -0.0791. The molecule has 1 saturated heterocycles. The lowest BCUT2D eigenvalue weighted by Crippen LogP contribution is -2.37. The normalized spacial score (nSPS) is 14.3. The molecule has 0 spiro atoms. The summed E-state index contributed by atoms with van der Waals surface area (Å²) in [5, 5.41) is 7.16. The first-order chi connectivity index (χ1) is 12.6. The molecule has 2 heterocycles. The monoisotopic (exact) mass is 418 g/mol. The van der Waals surface area contributed by atoms with E-state index >= 15 is 0 Å². The number of amides is 2. The molecular formula is C19H23BrN4O2. The molecule has 0 radical (unpaired) electrons.